The monoisotopic (exact) mass is 645 g/mol. The molecule has 0 bridgehead atoms. The van der Waals surface area contributed by atoms with Crippen molar-refractivity contribution in [2.24, 2.45) is 11.0 Å². The van der Waals surface area contributed by atoms with Gasteiger partial charge in [0, 0.05) is 25.8 Å². The average molecular weight is 646 g/mol. The van der Waals surface area contributed by atoms with Gasteiger partial charge >= 0.3 is 0 Å². The number of nitrogens with one attached hydrogen (secondary N) is 1. The van der Waals surface area contributed by atoms with Crippen molar-refractivity contribution in [1.29, 1.82) is 5.26 Å². The van der Waals surface area contributed by atoms with E-state index in [1.165, 1.54) is 15.6 Å². The Morgan fingerprint density at radius 2 is 1.80 bits per heavy atom. The van der Waals surface area contributed by atoms with Gasteiger partial charge in [-0.15, -0.1) is 11.3 Å². The Bertz CT molecular complexity index is 1810. The SMILES string of the molecule is Cc1cc(C#N)cc(C)c1Oc1nc(N/N=C/C2CCN(Cc3ccc(S(=O)(=O)N4CCOCC4)cc3)CC2)nc2ccsc12. The lowest BCUT2D eigenvalue weighted by Crippen LogP contribution is -2.40. The third-order valence-corrected chi connectivity index (χ3v) is 10.9. The van der Waals surface area contributed by atoms with E-state index in [0.717, 1.165) is 59.4 Å². The highest BCUT2D eigenvalue weighted by Crippen LogP contribution is 2.35. The maximum Gasteiger partial charge on any atom is 0.247 e. The molecule has 2 aliphatic rings. The molecule has 234 valence electrons. The van der Waals surface area contributed by atoms with E-state index in [1.807, 2.05) is 43.6 Å². The number of hydrogen-bond donors (Lipinski definition) is 1. The number of aromatic nitrogens is 2. The van der Waals surface area contributed by atoms with E-state index < -0.39 is 10.0 Å². The fourth-order valence-corrected chi connectivity index (χ4v) is 7.81. The average Bonchev–Trinajstić information content (AvgIpc) is 3.53. The second-order valence-corrected chi connectivity index (χ2v) is 14.2. The van der Waals surface area contributed by atoms with Crippen molar-refractivity contribution in [1.82, 2.24) is 19.2 Å². The van der Waals surface area contributed by atoms with Crippen LogP contribution in [0.25, 0.3) is 10.2 Å². The van der Waals surface area contributed by atoms with Crippen LogP contribution in [0, 0.1) is 31.1 Å². The number of hydrogen-bond acceptors (Lipinski definition) is 11. The lowest BCUT2D eigenvalue weighted by Gasteiger charge is -2.30. The first kappa shape index (κ1) is 31.1. The largest absolute Gasteiger partial charge is 0.437 e. The van der Waals surface area contributed by atoms with Gasteiger partial charge in [-0.05, 0) is 98.1 Å². The number of fused-ring (bicyclic) bond motifs is 1. The highest BCUT2D eigenvalue weighted by atomic mass is 32.2. The number of sulfonamides is 1. The van der Waals surface area contributed by atoms with E-state index in [2.05, 4.69) is 31.5 Å². The number of nitriles is 1. The molecule has 45 heavy (non-hydrogen) atoms. The van der Waals surface area contributed by atoms with Crippen LogP contribution in [0.4, 0.5) is 5.95 Å². The molecule has 2 aromatic heterocycles. The summed E-state index contributed by atoms with van der Waals surface area (Å²) in [6.45, 7) is 8.10. The molecular formula is C32H35N7O4S2. The normalized spacial score (nSPS) is 17.1. The lowest BCUT2D eigenvalue weighted by atomic mass is 9.98. The standard InChI is InChI=1S/C32H35N7O4S2/c1-22-17-26(19-33)18-23(2)29(22)43-31-30-28(9-16-44-30)35-32(36-31)37-34-20-24-7-10-38(11-8-24)21-25-3-5-27(6-4-25)45(40,41)39-12-14-42-15-13-39/h3-6,9,16-18,20,24H,7-8,10-15,21H2,1-2H3,(H,35,36,37)/b34-20+. The molecule has 0 saturated carbocycles. The molecule has 0 unspecified atom stereocenters. The molecule has 2 aliphatic heterocycles. The number of hydrazone groups is 1. The molecule has 0 aliphatic carbocycles. The van der Waals surface area contributed by atoms with E-state index >= 15 is 0 Å². The fourth-order valence-electron chi connectivity index (χ4n) is 5.65. The quantitative estimate of drug-likeness (QED) is 0.190. The Kier molecular flexibility index (Phi) is 9.39. The van der Waals surface area contributed by atoms with E-state index in [1.54, 1.807) is 24.3 Å². The zero-order valence-electron chi connectivity index (χ0n) is 25.3. The summed E-state index contributed by atoms with van der Waals surface area (Å²) in [4.78, 5) is 11.9. The summed E-state index contributed by atoms with van der Waals surface area (Å²) in [6, 6.07) is 15.0. The highest BCUT2D eigenvalue weighted by Gasteiger charge is 2.26. The zero-order valence-corrected chi connectivity index (χ0v) is 26.9. The maximum absolute atomic E-state index is 12.9. The highest BCUT2D eigenvalue weighted by molar-refractivity contribution is 7.89. The predicted molar refractivity (Wildman–Crippen MR) is 174 cm³/mol. The van der Waals surface area contributed by atoms with Crippen molar-refractivity contribution in [3.05, 3.63) is 70.1 Å². The van der Waals surface area contributed by atoms with Crippen molar-refractivity contribution >= 4 is 43.7 Å². The smallest absolute Gasteiger partial charge is 0.247 e. The number of anilines is 1. The second kappa shape index (κ2) is 13.6. The van der Waals surface area contributed by atoms with Crippen LogP contribution in [-0.2, 0) is 21.3 Å². The van der Waals surface area contributed by atoms with Gasteiger partial charge in [0.25, 0.3) is 0 Å². The van der Waals surface area contributed by atoms with E-state index in [9.17, 15) is 13.7 Å². The number of piperidine rings is 1. The molecule has 0 spiro atoms. The van der Waals surface area contributed by atoms with Crippen LogP contribution in [0.1, 0.15) is 35.1 Å². The van der Waals surface area contributed by atoms with Crippen molar-refractivity contribution < 1.29 is 17.9 Å². The summed E-state index contributed by atoms with van der Waals surface area (Å²) in [5.41, 5.74) is 7.18. The first-order chi connectivity index (χ1) is 21.8. The molecule has 13 heteroatoms. The van der Waals surface area contributed by atoms with Crippen molar-refractivity contribution in [3.63, 3.8) is 0 Å². The molecule has 2 fully saturated rings. The van der Waals surface area contributed by atoms with Crippen LogP contribution in [-0.4, -0.2) is 73.2 Å². The third-order valence-electron chi connectivity index (χ3n) is 8.08. The summed E-state index contributed by atoms with van der Waals surface area (Å²) in [5.74, 6) is 1.80. The lowest BCUT2D eigenvalue weighted by molar-refractivity contribution is 0.0730. The Morgan fingerprint density at radius 1 is 1.09 bits per heavy atom. The van der Waals surface area contributed by atoms with E-state index in [0.29, 0.717) is 60.3 Å². The van der Waals surface area contributed by atoms with E-state index in [-0.39, 0.29) is 0 Å². The predicted octanol–water partition coefficient (Wildman–Crippen LogP) is 5.30. The summed E-state index contributed by atoms with van der Waals surface area (Å²) >= 11 is 1.51. The Hall–Kier alpha value is -3.93. The molecule has 4 aromatic rings. The minimum atomic E-state index is -3.48. The van der Waals surface area contributed by atoms with Crippen molar-refractivity contribution in [2.75, 3.05) is 44.8 Å². The van der Waals surface area contributed by atoms with Crippen molar-refractivity contribution in [2.45, 2.75) is 38.1 Å². The summed E-state index contributed by atoms with van der Waals surface area (Å²) in [5, 5.41) is 15.7. The topological polar surface area (TPSA) is 133 Å². The molecule has 4 heterocycles. The van der Waals surface area contributed by atoms with Gasteiger partial charge < -0.3 is 9.47 Å². The van der Waals surface area contributed by atoms with Crippen LogP contribution < -0.4 is 10.2 Å². The minimum absolute atomic E-state index is 0.319. The van der Waals surface area contributed by atoms with Crippen LogP contribution in [0.2, 0.25) is 0 Å². The van der Waals surface area contributed by atoms with Gasteiger partial charge in [0.1, 0.15) is 10.4 Å². The Labute approximate surface area is 267 Å². The van der Waals surface area contributed by atoms with Gasteiger partial charge in [-0.2, -0.15) is 19.7 Å². The molecule has 0 atom stereocenters. The molecule has 1 N–H and O–H groups in total. The first-order valence-electron chi connectivity index (χ1n) is 14.9. The number of aryl methyl sites for hydroxylation is 2. The Morgan fingerprint density at radius 3 is 2.49 bits per heavy atom. The van der Waals surface area contributed by atoms with Gasteiger partial charge in [-0.1, -0.05) is 12.1 Å². The number of ether oxygens (including phenoxy) is 2. The number of likely N-dealkylation sites (tertiary alicyclic amines) is 1. The van der Waals surface area contributed by atoms with Crippen LogP contribution in [0.5, 0.6) is 11.6 Å². The number of rotatable bonds is 9. The molecule has 0 amide bonds. The Balaban J connectivity index is 1.03. The van der Waals surface area contributed by atoms with Gasteiger partial charge in [0.2, 0.25) is 21.9 Å². The summed E-state index contributed by atoms with van der Waals surface area (Å²) in [6.07, 6.45) is 3.86. The zero-order chi connectivity index (χ0) is 31.4. The molecule has 2 aromatic carbocycles. The first-order valence-corrected chi connectivity index (χ1v) is 17.2. The van der Waals surface area contributed by atoms with Gasteiger partial charge in [-0.3, -0.25) is 4.90 Å². The minimum Gasteiger partial charge on any atom is -0.437 e. The maximum atomic E-state index is 12.9. The van der Waals surface area contributed by atoms with Crippen LogP contribution >= 0.6 is 11.3 Å². The number of thiophene rings is 1. The van der Waals surface area contributed by atoms with Gasteiger partial charge in [-0.25, -0.2) is 18.8 Å². The van der Waals surface area contributed by atoms with Crippen molar-refractivity contribution in [3.8, 4) is 17.7 Å². The molecule has 6 rings (SSSR count). The third kappa shape index (κ3) is 7.16. The number of morpholine rings is 1. The van der Waals surface area contributed by atoms with Gasteiger partial charge in [0.15, 0.2) is 0 Å². The molecule has 2 saturated heterocycles. The van der Waals surface area contributed by atoms with Crippen LogP contribution in [0.15, 0.2) is 57.8 Å². The summed E-state index contributed by atoms with van der Waals surface area (Å²) < 4.78 is 39.7. The number of benzene rings is 2. The molecule has 11 nitrogen and oxygen atoms in total. The van der Waals surface area contributed by atoms with E-state index in [4.69, 9.17) is 9.47 Å². The fraction of sp³-hybridized carbons (Fsp3) is 0.375. The second-order valence-electron chi connectivity index (χ2n) is 11.3. The molecule has 0 radical (unpaired) electrons. The molecular weight excluding hydrogens is 611 g/mol. The van der Waals surface area contributed by atoms with Crippen LogP contribution in [0.3, 0.4) is 0 Å². The summed E-state index contributed by atoms with van der Waals surface area (Å²) in [7, 11) is -3.48. The van der Waals surface area contributed by atoms with Gasteiger partial charge in [0.05, 0.1) is 35.3 Å². The number of nitrogens with zero attached hydrogens (tertiary/aromatic N) is 6.